The Morgan fingerprint density at radius 3 is 2.44 bits per heavy atom. The topological polar surface area (TPSA) is 44.2 Å². The fraction of sp³-hybridized carbons (Fsp3) is 0.158. The highest BCUT2D eigenvalue weighted by Gasteiger charge is 2.09. The maximum atomic E-state index is 6.12. The van der Waals surface area contributed by atoms with Crippen molar-refractivity contribution < 1.29 is 9.47 Å². The zero-order valence-corrected chi connectivity index (χ0v) is 14.9. The summed E-state index contributed by atoms with van der Waals surface area (Å²) < 4.78 is 11.6. The van der Waals surface area contributed by atoms with Gasteiger partial charge in [-0.2, -0.15) is 0 Å². The summed E-state index contributed by atoms with van der Waals surface area (Å²) in [4.78, 5) is 8.19. The Kier molecular flexibility index (Phi) is 6.09. The number of ether oxygens (including phenoxy) is 2. The van der Waals surface area contributed by atoms with Crippen molar-refractivity contribution in [2.24, 2.45) is 0 Å². The first-order valence-corrected chi connectivity index (χ1v) is 8.58. The molecule has 0 aliphatic heterocycles. The van der Waals surface area contributed by atoms with Crippen LogP contribution in [0.1, 0.15) is 12.0 Å². The summed E-state index contributed by atoms with van der Waals surface area (Å²) in [6.45, 7) is 0.492. The van der Waals surface area contributed by atoms with E-state index in [9.17, 15) is 0 Å². The van der Waals surface area contributed by atoms with Gasteiger partial charge < -0.3 is 9.47 Å². The van der Waals surface area contributed by atoms with Crippen molar-refractivity contribution in [3.05, 3.63) is 76.7 Å². The Morgan fingerprint density at radius 2 is 1.68 bits per heavy atom. The molecule has 4 nitrogen and oxygen atoms in total. The fourth-order valence-corrected chi connectivity index (χ4v) is 2.82. The quantitative estimate of drug-likeness (QED) is 0.505. The minimum absolute atomic E-state index is 0.439. The van der Waals surface area contributed by atoms with Gasteiger partial charge in [-0.3, -0.25) is 4.98 Å². The predicted octanol–water partition coefficient (Wildman–Crippen LogP) is 5.59. The molecule has 1 aromatic carbocycles. The molecule has 0 unspecified atom stereocenters. The van der Waals surface area contributed by atoms with Crippen molar-refractivity contribution in [2.45, 2.75) is 12.8 Å². The molecule has 3 aromatic rings. The van der Waals surface area contributed by atoms with Gasteiger partial charge in [-0.1, -0.05) is 41.4 Å². The Morgan fingerprint density at radius 1 is 0.920 bits per heavy atom. The first-order valence-electron chi connectivity index (χ1n) is 7.82. The summed E-state index contributed by atoms with van der Waals surface area (Å²) in [5, 5.41) is 1.14. The molecule has 0 bridgehead atoms. The van der Waals surface area contributed by atoms with Crippen LogP contribution >= 0.6 is 23.2 Å². The number of hydrogen-bond donors (Lipinski definition) is 0. The predicted molar refractivity (Wildman–Crippen MR) is 98.8 cm³/mol. The first kappa shape index (κ1) is 17.5. The summed E-state index contributed by atoms with van der Waals surface area (Å²) >= 11 is 12.2. The van der Waals surface area contributed by atoms with E-state index in [1.54, 1.807) is 18.6 Å². The van der Waals surface area contributed by atoms with Gasteiger partial charge in [-0.05, 0) is 42.7 Å². The maximum absolute atomic E-state index is 6.12. The average molecular weight is 375 g/mol. The van der Waals surface area contributed by atoms with E-state index in [0.717, 1.165) is 12.0 Å². The van der Waals surface area contributed by atoms with Gasteiger partial charge in [0.05, 0.1) is 16.7 Å². The summed E-state index contributed by atoms with van der Waals surface area (Å²) in [5.74, 6) is 1.74. The van der Waals surface area contributed by atoms with Crippen LogP contribution in [0, 0.1) is 0 Å². The zero-order valence-electron chi connectivity index (χ0n) is 13.4. The third-order valence-electron chi connectivity index (χ3n) is 3.47. The molecule has 0 saturated heterocycles. The van der Waals surface area contributed by atoms with Gasteiger partial charge in [0, 0.05) is 18.6 Å². The third kappa shape index (κ3) is 4.84. The van der Waals surface area contributed by atoms with E-state index in [2.05, 4.69) is 9.97 Å². The van der Waals surface area contributed by atoms with E-state index in [0.29, 0.717) is 40.5 Å². The van der Waals surface area contributed by atoms with Crippen LogP contribution in [0.5, 0.6) is 17.4 Å². The van der Waals surface area contributed by atoms with Gasteiger partial charge in [-0.15, -0.1) is 0 Å². The molecule has 0 atom stereocenters. The number of pyridine rings is 2. The minimum Gasteiger partial charge on any atom is -0.488 e. The standard InChI is InChI=1S/C19H16Cl2N2O2/c20-16-12-22-13-17(21)15(16)8-5-11-24-18-9-4-10-23-19(18)25-14-6-2-1-3-7-14/h1-4,6-7,9-10,12-13H,5,8,11H2. The Bertz CT molecular complexity index is 808. The number of halogens is 2. The second kappa shape index (κ2) is 8.70. The number of rotatable bonds is 7. The molecule has 2 heterocycles. The van der Waals surface area contributed by atoms with Gasteiger partial charge >= 0.3 is 0 Å². The molecule has 0 aliphatic rings. The highest BCUT2D eigenvalue weighted by Crippen LogP contribution is 2.29. The second-order valence-corrected chi connectivity index (χ2v) is 6.07. The molecule has 128 valence electrons. The van der Waals surface area contributed by atoms with Gasteiger partial charge in [0.25, 0.3) is 5.88 Å². The number of hydrogen-bond acceptors (Lipinski definition) is 4. The smallest absolute Gasteiger partial charge is 0.262 e. The monoisotopic (exact) mass is 374 g/mol. The van der Waals surface area contributed by atoms with Crippen LogP contribution in [0.3, 0.4) is 0 Å². The first-order chi connectivity index (χ1) is 12.2. The second-order valence-electron chi connectivity index (χ2n) is 5.26. The lowest BCUT2D eigenvalue weighted by atomic mass is 10.1. The average Bonchev–Trinajstić information content (AvgIpc) is 2.63. The van der Waals surface area contributed by atoms with E-state index in [1.807, 2.05) is 42.5 Å². The van der Waals surface area contributed by atoms with Crippen molar-refractivity contribution in [2.75, 3.05) is 6.61 Å². The highest BCUT2D eigenvalue weighted by molar-refractivity contribution is 6.35. The number of para-hydroxylation sites is 1. The van der Waals surface area contributed by atoms with Crippen LogP contribution in [0.15, 0.2) is 61.1 Å². The maximum Gasteiger partial charge on any atom is 0.262 e. The van der Waals surface area contributed by atoms with Crippen LogP contribution in [0.2, 0.25) is 10.0 Å². The molecule has 0 amide bonds. The molecule has 3 rings (SSSR count). The molecular weight excluding hydrogens is 359 g/mol. The van der Waals surface area contributed by atoms with Gasteiger partial charge in [0.15, 0.2) is 5.75 Å². The van der Waals surface area contributed by atoms with Crippen molar-refractivity contribution in [1.29, 1.82) is 0 Å². The number of benzene rings is 1. The van der Waals surface area contributed by atoms with Crippen LogP contribution in [0.4, 0.5) is 0 Å². The molecule has 0 fully saturated rings. The molecule has 0 aliphatic carbocycles. The largest absolute Gasteiger partial charge is 0.488 e. The van der Waals surface area contributed by atoms with Crippen molar-refractivity contribution in [3.8, 4) is 17.4 Å². The normalized spacial score (nSPS) is 10.5. The van der Waals surface area contributed by atoms with E-state index in [4.69, 9.17) is 32.7 Å². The van der Waals surface area contributed by atoms with E-state index in [-0.39, 0.29) is 0 Å². The Hall–Kier alpha value is -2.30. The third-order valence-corrected chi connectivity index (χ3v) is 4.13. The summed E-state index contributed by atoms with van der Waals surface area (Å²) in [6.07, 6.45) is 6.31. The lowest BCUT2D eigenvalue weighted by molar-refractivity contribution is 0.293. The Labute approximate surface area is 156 Å². The van der Waals surface area contributed by atoms with E-state index < -0.39 is 0 Å². The molecule has 0 N–H and O–H groups in total. The van der Waals surface area contributed by atoms with Crippen LogP contribution in [-0.4, -0.2) is 16.6 Å². The van der Waals surface area contributed by atoms with Gasteiger partial charge in [0.2, 0.25) is 0 Å². The molecule has 25 heavy (non-hydrogen) atoms. The van der Waals surface area contributed by atoms with Gasteiger partial charge in [0.1, 0.15) is 5.75 Å². The Balaban J connectivity index is 1.58. The van der Waals surface area contributed by atoms with E-state index >= 15 is 0 Å². The van der Waals surface area contributed by atoms with Crippen molar-refractivity contribution in [1.82, 2.24) is 9.97 Å². The van der Waals surface area contributed by atoms with Crippen LogP contribution < -0.4 is 9.47 Å². The minimum atomic E-state index is 0.439. The summed E-state index contributed by atoms with van der Waals surface area (Å²) in [7, 11) is 0. The highest BCUT2D eigenvalue weighted by atomic mass is 35.5. The number of aromatic nitrogens is 2. The lowest BCUT2D eigenvalue weighted by Crippen LogP contribution is -2.02. The zero-order chi connectivity index (χ0) is 17.5. The lowest BCUT2D eigenvalue weighted by Gasteiger charge is -2.11. The van der Waals surface area contributed by atoms with Gasteiger partial charge in [-0.25, -0.2) is 4.98 Å². The van der Waals surface area contributed by atoms with Crippen LogP contribution in [-0.2, 0) is 6.42 Å². The molecule has 0 saturated carbocycles. The van der Waals surface area contributed by atoms with Crippen molar-refractivity contribution >= 4 is 23.2 Å². The molecule has 0 spiro atoms. The van der Waals surface area contributed by atoms with Crippen LogP contribution in [0.25, 0.3) is 0 Å². The molecule has 2 aromatic heterocycles. The summed E-state index contributed by atoms with van der Waals surface area (Å²) in [6, 6.07) is 13.1. The number of nitrogens with zero attached hydrogens (tertiary/aromatic N) is 2. The van der Waals surface area contributed by atoms with Crippen molar-refractivity contribution in [3.63, 3.8) is 0 Å². The fourth-order valence-electron chi connectivity index (χ4n) is 2.27. The SMILES string of the molecule is Clc1cncc(Cl)c1CCCOc1cccnc1Oc1ccccc1. The summed E-state index contributed by atoms with van der Waals surface area (Å²) in [5.41, 5.74) is 0.883. The molecular formula is C19H16Cl2N2O2. The molecule has 6 heteroatoms. The molecule has 0 radical (unpaired) electrons. The van der Waals surface area contributed by atoms with E-state index in [1.165, 1.54) is 0 Å².